The van der Waals surface area contributed by atoms with Gasteiger partial charge in [-0.1, -0.05) is 0 Å². The van der Waals surface area contributed by atoms with Crippen molar-refractivity contribution in [2.24, 2.45) is 15.7 Å². The number of aromatic amines is 1. The molecular formula is C21H29N10O11P. The summed E-state index contributed by atoms with van der Waals surface area (Å²) in [5.41, 5.74) is 10.7. The molecule has 9 atom stereocenters. The monoisotopic (exact) mass is 628 g/mol. The molecule has 2 aliphatic heterocycles. The summed E-state index contributed by atoms with van der Waals surface area (Å²) in [5, 5.41) is 41.9. The number of aliphatic imine (C=N–C) groups is 2. The summed E-state index contributed by atoms with van der Waals surface area (Å²) < 4.78 is 36.7. The van der Waals surface area contributed by atoms with Gasteiger partial charge in [0.15, 0.2) is 29.4 Å². The van der Waals surface area contributed by atoms with E-state index in [4.69, 9.17) is 30.0 Å². The van der Waals surface area contributed by atoms with Crippen molar-refractivity contribution in [1.29, 1.82) is 0 Å². The Morgan fingerprint density at radius 1 is 1.16 bits per heavy atom. The zero-order valence-corrected chi connectivity index (χ0v) is 23.2. The number of ether oxygens (including phenoxy) is 2. The number of imidazole rings is 2. The number of amidine groups is 1. The largest absolute Gasteiger partial charge is 0.472 e. The van der Waals surface area contributed by atoms with Crippen LogP contribution in [0.3, 0.4) is 0 Å². The predicted molar refractivity (Wildman–Crippen MR) is 144 cm³/mol. The summed E-state index contributed by atoms with van der Waals surface area (Å²) in [4.78, 5) is 44.5. The molecule has 2 saturated heterocycles. The molecular weight excluding hydrogens is 599 g/mol. The maximum Gasteiger partial charge on any atom is 0.472 e. The fraction of sp³-hybridized carbons (Fsp3) is 0.524. The molecule has 5 heterocycles. The Kier molecular flexibility index (Phi) is 8.46. The number of anilines is 1. The molecule has 0 saturated carbocycles. The fourth-order valence-electron chi connectivity index (χ4n) is 4.79. The summed E-state index contributed by atoms with van der Waals surface area (Å²) in [6.45, 7) is 1.94. The van der Waals surface area contributed by atoms with Crippen LogP contribution in [0.4, 0.5) is 11.8 Å². The van der Waals surface area contributed by atoms with Crippen LogP contribution in [0.2, 0.25) is 0 Å². The maximum atomic E-state index is 12.9. The van der Waals surface area contributed by atoms with Gasteiger partial charge in [-0.2, -0.15) is 4.98 Å². The number of hydrogen-bond donors (Lipinski definition) is 8. The van der Waals surface area contributed by atoms with E-state index < -0.39 is 75.7 Å². The molecule has 43 heavy (non-hydrogen) atoms. The van der Waals surface area contributed by atoms with E-state index in [9.17, 15) is 34.7 Å². The van der Waals surface area contributed by atoms with Crippen molar-refractivity contribution >= 4 is 43.3 Å². The van der Waals surface area contributed by atoms with Crippen LogP contribution in [0.5, 0.6) is 0 Å². The van der Waals surface area contributed by atoms with Crippen LogP contribution >= 0.6 is 7.82 Å². The summed E-state index contributed by atoms with van der Waals surface area (Å²) in [6.07, 6.45) is -9.41. The normalized spacial score (nSPS) is 31.1. The molecule has 0 spiro atoms. The van der Waals surface area contributed by atoms with Gasteiger partial charge in [0, 0.05) is 7.05 Å². The number of hydrogen-bond acceptors (Lipinski definition) is 16. The minimum absolute atomic E-state index is 0.0317. The van der Waals surface area contributed by atoms with Crippen molar-refractivity contribution < 1.29 is 48.4 Å². The Balaban J connectivity index is 1.28. The highest BCUT2D eigenvalue weighted by Crippen LogP contribution is 2.49. The first-order valence-corrected chi connectivity index (χ1v) is 14.0. The Labute approximate surface area is 240 Å². The van der Waals surface area contributed by atoms with Crippen molar-refractivity contribution in [2.45, 2.75) is 49.1 Å². The van der Waals surface area contributed by atoms with E-state index in [-0.39, 0.29) is 34.5 Å². The molecule has 0 bridgehead atoms. The van der Waals surface area contributed by atoms with Gasteiger partial charge in [0.1, 0.15) is 48.2 Å². The van der Waals surface area contributed by atoms with Crippen LogP contribution in [-0.4, -0.2) is 124 Å². The van der Waals surface area contributed by atoms with Gasteiger partial charge in [-0.05, 0) is 6.72 Å². The third kappa shape index (κ3) is 5.58. The molecule has 0 aromatic carbocycles. The van der Waals surface area contributed by atoms with Crippen molar-refractivity contribution in [2.75, 3.05) is 26.0 Å². The number of phosphoric ester groups is 1. The molecule has 0 amide bonds. The molecule has 3 aromatic heterocycles. The summed E-state index contributed by atoms with van der Waals surface area (Å²) >= 11 is 0. The van der Waals surface area contributed by atoms with Crippen molar-refractivity contribution in [3.05, 3.63) is 28.7 Å². The zero-order chi connectivity index (χ0) is 31.2. The van der Waals surface area contributed by atoms with Crippen molar-refractivity contribution in [3.8, 4) is 0 Å². The lowest BCUT2D eigenvalue weighted by atomic mass is 10.1. The van der Waals surface area contributed by atoms with Crippen LogP contribution in [0.1, 0.15) is 18.1 Å². The second-order valence-corrected chi connectivity index (χ2v) is 10.9. The molecule has 22 heteroatoms. The first-order chi connectivity index (χ1) is 20.4. The Hall–Kier alpha value is -3.63. The minimum Gasteiger partial charge on any atom is -0.394 e. The quantitative estimate of drug-likeness (QED) is 0.0617. The van der Waals surface area contributed by atoms with Crippen LogP contribution in [-0.2, 0) is 23.1 Å². The molecule has 5 rings (SSSR count). The molecule has 10 N–H and O–H groups in total. The maximum absolute atomic E-state index is 12.9. The highest BCUT2D eigenvalue weighted by molar-refractivity contribution is 7.47. The van der Waals surface area contributed by atoms with Gasteiger partial charge >= 0.3 is 7.82 Å². The van der Waals surface area contributed by atoms with Crippen LogP contribution in [0.25, 0.3) is 11.2 Å². The number of aliphatic hydroxyl groups is 4. The number of nitrogens with two attached hydrogens (primary N) is 2. The minimum atomic E-state index is -5.03. The number of nitrogens with one attached hydrogen (secondary N) is 1. The van der Waals surface area contributed by atoms with Crippen LogP contribution in [0.15, 0.2) is 27.4 Å². The molecule has 0 aliphatic carbocycles. The number of aromatic nitrogens is 6. The van der Waals surface area contributed by atoms with Crippen molar-refractivity contribution in [1.82, 2.24) is 29.1 Å². The number of phosphoric acid groups is 1. The number of aliphatic hydroxyl groups excluding tert-OH is 4. The van der Waals surface area contributed by atoms with E-state index in [0.717, 1.165) is 10.9 Å². The van der Waals surface area contributed by atoms with Gasteiger partial charge < -0.3 is 46.3 Å². The Bertz CT molecular complexity index is 1640. The SMILES string of the molecule is C=Nc1c(/C(N)=N\C)ncn1[C@@H]1O[C@H](COP(=O)(O)OC2C(O)[C@H](n3cnc4c(=O)[nH]c(N)nc43)O[C@@H]2CO)[C@H](O)C1O. The van der Waals surface area contributed by atoms with E-state index in [1.807, 2.05) is 0 Å². The number of fused-ring (bicyclic) bond motifs is 1. The molecule has 2 fully saturated rings. The molecule has 234 valence electrons. The lowest BCUT2D eigenvalue weighted by molar-refractivity contribution is -0.0590. The molecule has 4 unspecified atom stereocenters. The van der Waals surface area contributed by atoms with Crippen molar-refractivity contribution in [3.63, 3.8) is 0 Å². The summed E-state index contributed by atoms with van der Waals surface area (Å²) in [7, 11) is -3.60. The molecule has 3 aromatic rings. The summed E-state index contributed by atoms with van der Waals surface area (Å²) in [6, 6.07) is 0. The number of H-pyrrole nitrogens is 1. The third-order valence-electron chi connectivity index (χ3n) is 6.88. The Morgan fingerprint density at radius 2 is 1.84 bits per heavy atom. The predicted octanol–water partition coefficient (Wildman–Crippen LogP) is -3.36. The van der Waals surface area contributed by atoms with Gasteiger partial charge in [-0.25, -0.2) is 19.5 Å². The highest BCUT2D eigenvalue weighted by Gasteiger charge is 2.50. The van der Waals surface area contributed by atoms with E-state index in [1.54, 1.807) is 0 Å². The first-order valence-electron chi connectivity index (χ1n) is 12.5. The van der Waals surface area contributed by atoms with Gasteiger partial charge in [0.2, 0.25) is 5.95 Å². The molecule has 21 nitrogen and oxygen atoms in total. The lowest BCUT2D eigenvalue weighted by Crippen LogP contribution is -2.36. The first kappa shape index (κ1) is 30.8. The molecule has 2 aliphatic rings. The van der Waals surface area contributed by atoms with E-state index in [1.165, 1.54) is 17.9 Å². The number of nitrogens with zero attached hydrogens (tertiary/aromatic N) is 7. The number of nitrogen functional groups attached to an aromatic ring is 1. The van der Waals surface area contributed by atoms with Gasteiger partial charge in [0.05, 0.1) is 25.9 Å². The second kappa shape index (κ2) is 11.8. The average molecular weight is 628 g/mol. The second-order valence-electron chi connectivity index (χ2n) is 9.49. The van der Waals surface area contributed by atoms with Crippen LogP contribution < -0.4 is 17.0 Å². The molecule has 0 radical (unpaired) electrons. The third-order valence-corrected chi connectivity index (χ3v) is 7.87. The van der Waals surface area contributed by atoms with Crippen LogP contribution in [0, 0.1) is 0 Å². The average Bonchev–Trinajstić information content (AvgIpc) is 3.72. The van der Waals surface area contributed by atoms with E-state index >= 15 is 0 Å². The van der Waals surface area contributed by atoms with E-state index in [0.29, 0.717) is 0 Å². The fourth-order valence-corrected chi connectivity index (χ4v) is 5.75. The lowest BCUT2D eigenvalue weighted by Gasteiger charge is -2.23. The Morgan fingerprint density at radius 3 is 2.51 bits per heavy atom. The van der Waals surface area contributed by atoms with Gasteiger partial charge in [0.25, 0.3) is 5.56 Å². The van der Waals surface area contributed by atoms with Gasteiger partial charge in [-0.3, -0.25) is 33.0 Å². The number of rotatable bonds is 10. The zero-order valence-electron chi connectivity index (χ0n) is 22.3. The van der Waals surface area contributed by atoms with Gasteiger partial charge in [-0.15, -0.1) is 0 Å². The topological polar surface area (TPSA) is 313 Å². The summed E-state index contributed by atoms with van der Waals surface area (Å²) in [5.74, 6) is -0.117. The standard InChI is InChI=1S/C21H29N10O11P/c1-24-15(22)9-16(25-2)30(5-26-9)19-12(34)11(33)8(41-19)4-39-43(37,38)42-14-7(3-32)40-20(13(14)35)31-6-27-10-17(31)28-21(23)29-18(10)36/h5-8,11-14,19-20,32-35H,2-4H2,1H3,(H2,22,24)(H,37,38)(H3,23,28,29,36)/t7-,8-,11+,12?,13?,14?,19-,20-/m1/s1. The van der Waals surface area contributed by atoms with E-state index in [2.05, 4.69) is 36.6 Å². The smallest absolute Gasteiger partial charge is 0.394 e. The highest BCUT2D eigenvalue weighted by atomic mass is 31.2.